The lowest BCUT2D eigenvalue weighted by Gasteiger charge is -2.12. The van der Waals surface area contributed by atoms with Crippen LogP contribution >= 0.6 is 0 Å². The third-order valence-corrected chi connectivity index (χ3v) is 3.38. The van der Waals surface area contributed by atoms with E-state index in [4.69, 9.17) is 9.47 Å². The van der Waals surface area contributed by atoms with E-state index in [1.165, 1.54) is 26.2 Å². The number of rotatable bonds is 6. The van der Waals surface area contributed by atoms with Crippen LogP contribution < -0.4 is 14.8 Å². The van der Waals surface area contributed by atoms with Crippen LogP contribution in [-0.4, -0.2) is 25.4 Å². The van der Waals surface area contributed by atoms with Crippen molar-refractivity contribution in [3.05, 3.63) is 53.3 Å². The lowest BCUT2D eigenvalue weighted by molar-refractivity contribution is -0.118. The summed E-state index contributed by atoms with van der Waals surface area (Å²) in [6.45, 7) is 2.73. The molecule has 0 heterocycles. The average molecular weight is 331 g/mol. The van der Waals surface area contributed by atoms with E-state index in [0.29, 0.717) is 22.6 Å². The fourth-order valence-electron chi connectivity index (χ4n) is 2.05. The highest BCUT2D eigenvalue weighted by atomic mass is 19.1. The van der Waals surface area contributed by atoms with Crippen LogP contribution in [0.1, 0.15) is 22.8 Å². The largest absolute Gasteiger partial charge is 0.497 e. The zero-order chi connectivity index (χ0) is 17.7. The number of methoxy groups -OCH3 is 1. The Morgan fingerprint density at radius 3 is 2.54 bits per heavy atom. The second-order valence-electron chi connectivity index (χ2n) is 5.22. The molecule has 0 aliphatic carbocycles. The summed E-state index contributed by atoms with van der Waals surface area (Å²) in [6.07, 6.45) is 0. The minimum absolute atomic E-state index is 0.186. The standard InChI is InChI=1S/C18H18FNO4/c1-11-4-5-13(8-16(11)19)20-18(22)10-24-17-9-14(23-3)6-7-15(17)12(2)21/h4-9H,10H2,1-3H3,(H,20,22). The molecule has 0 fully saturated rings. The van der Waals surface area contributed by atoms with Crippen molar-refractivity contribution in [3.63, 3.8) is 0 Å². The highest BCUT2D eigenvalue weighted by Gasteiger charge is 2.12. The van der Waals surface area contributed by atoms with Gasteiger partial charge in [0.1, 0.15) is 17.3 Å². The Morgan fingerprint density at radius 2 is 1.92 bits per heavy atom. The first kappa shape index (κ1) is 17.5. The van der Waals surface area contributed by atoms with Crippen LogP contribution in [0, 0.1) is 12.7 Å². The molecule has 24 heavy (non-hydrogen) atoms. The van der Waals surface area contributed by atoms with E-state index in [9.17, 15) is 14.0 Å². The topological polar surface area (TPSA) is 64.6 Å². The lowest BCUT2D eigenvalue weighted by atomic mass is 10.1. The summed E-state index contributed by atoms with van der Waals surface area (Å²) in [5.74, 6) is -0.285. The maximum Gasteiger partial charge on any atom is 0.262 e. The molecule has 0 bridgehead atoms. The molecular formula is C18H18FNO4. The predicted octanol–water partition coefficient (Wildman–Crippen LogP) is 3.36. The Kier molecular flexibility index (Phi) is 5.52. The van der Waals surface area contributed by atoms with E-state index >= 15 is 0 Å². The number of Topliss-reactive ketones (excluding diaryl/α,β-unsaturated/α-hetero) is 1. The summed E-state index contributed by atoms with van der Waals surface area (Å²) in [5.41, 5.74) is 1.18. The van der Waals surface area contributed by atoms with E-state index in [-0.39, 0.29) is 18.1 Å². The summed E-state index contributed by atoms with van der Waals surface area (Å²) in [5, 5.41) is 2.54. The van der Waals surface area contributed by atoms with E-state index in [0.717, 1.165) is 0 Å². The molecular weight excluding hydrogens is 313 g/mol. The number of hydrogen-bond acceptors (Lipinski definition) is 4. The molecule has 1 amide bonds. The molecule has 0 atom stereocenters. The fraction of sp³-hybridized carbons (Fsp3) is 0.222. The minimum atomic E-state index is -0.462. The number of hydrogen-bond donors (Lipinski definition) is 1. The van der Waals surface area contributed by atoms with Gasteiger partial charge in [0.2, 0.25) is 0 Å². The number of carbonyl (C=O) groups excluding carboxylic acids is 2. The molecule has 0 saturated heterocycles. The number of anilines is 1. The van der Waals surface area contributed by atoms with Crippen molar-refractivity contribution in [1.29, 1.82) is 0 Å². The van der Waals surface area contributed by atoms with Crippen LogP contribution in [0.2, 0.25) is 0 Å². The second kappa shape index (κ2) is 7.59. The number of benzene rings is 2. The van der Waals surface area contributed by atoms with Gasteiger partial charge in [-0.05, 0) is 43.7 Å². The molecule has 1 N–H and O–H groups in total. The van der Waals surface area contributed by atoms with Crippen LogP contribution in [0.4, 0.5) is 10.1 Å². The SMILES string of the molecule is COc1ccc(C(C)=O)c(OCC(=O)Nc2ccc(C)c(F)c2)c1. The molecule has 0 aliphatic rings. The smallest absolute Gasteiger partial charge is 0.262 e. The zero-order valence-electron chi connectivity index (χ0n) is 13.7. The van der Waals surface area contributed by atoms with Gasteiger partial charge in [0.25, 0.3) is 5.91 Å². The van der Waals surface area contributed by atoms with Crippen LogP contribution in [0.3, 0.4) is 0 Å². The van der Waals surface area contributed by atoms with Gasteiger partial charge >= 0.3 is 0 Å². The van der Waals surface area contributed by atoms with Gasteiger partial charge in [-0.1, -0.05) is 6.07 Å². The number of carbonyl (C=O) groups is 2. The van der Waals surface area contributed by atoms with Gasteiger partial charge < -0.3 is 14.8 Å². The summed E-state index contributed by atoms with van der Waals surface area (Å²) in [6, 6.07) is 9.16. The molecule has 126 valence electrons. The number of aryl methyl sites for hydroxylation is 1. The van der Waals surface area contributed by atoms with Crippen LogP contribution in [0.25, 0.3) is 0 Å². The third kappa shape index (κ3) is 4.32. The Morgan fingerprint density at radius 1 is 1.17 bits per heavy atom. The Labute approximate surface area is 139 Å². The molecule has 0 radical (unpaired) electrons. The van der Waals surface area contributed by atoms with Crippen molar-refractivity contribution in [2.75, 3.05) is 19.0 Å². The first-order valence-electron chi connectivity index (χ1n) is 7.28. The van der Waals surface area contributed by atoms with Crippen molar-refractivity contribution < 1.29 is 23.5 Å². The Hall–Kier alpha value is -2.89. The van der Waals surface area contributed by atoms with E-state index in [2.05, 4.69) is 5.32 Å². The maximum atomic E-state index is 13.5. The van der Waals surface area contributed by atoms with E-state index < -0.39 is 11.7 Å². The highest BCUT2D eigenvalue weighted by Crippen LogP contribution is 2.25. The monoisotopic (exact) mass is 331 g/mol. The molecule has 2 rings (SSSR count). The molecule has 0 unspecified atom stereocenters. The van der Waals surface area contributed by atoms with Crippen molar-refractivity contribution >= 4 is 17.4 Å². The normalized spacial score (nSPS) is 10.2. The van der Waals surface area contributed by atoms with Crippen LogP contribution in [-0.2, 0) is 4.79 Å². The zero-order valence-corrected chi connectivity index (χ0v) is 13.7. The van der Waals surface area contributed by atoms with Gasteiger partial charge in [-0.15, -0.1) is 0 Å². The quantitative estimate of drug-likeness (QED) is 0.824. The summed E-state index contributed by atoms with van der Waals surface area (Å²) in [4.78, 5) is 23.6. The van der Waals surface area contributed by atoms with Gasteiger partial charge in [-0.25, -0.2) is 4.39 Å². The number of amides is 1. The summed E-state index contributed by atoms with van der Waals surface area (Å²) >= 11 is 0. The minimum Gasteiger partial charge on any atom is -0.497 e. The Balaban J connectivity index is 2.05. The van der Waals surface area contributed by atoms with Crippen LogP contribution in [0.5, 0.6) is 11.5 Å². The van der Waals surface area contributed by atoms with Crippen molar-refractivity contribution in [2.24, 2.45) is 0 Å². The predicted molar refractivity (Wildman–Crippen MR) is 88.3 cm³/mol. The average Bonchev–Trinajstić information content (AvgIpc) is 2.56. The molecule has 2 aromatic rings. The number of ketones is 1. The third-order valence-electron chi connectivity index (χ3n) is 3.38. The maximum absolute atomic E-state index is 13.5. The number of nitrogens with one attached hydrogen (secondary N) is 1. The van der Waals surface area contributed by atoms with Crippen LogP contribution in [0.15, 0.2) is 36.4 Å². The van der Waals surface area contributed by atoms with E-state index in [1.807, 2.05) is 0 Å². The molecule has 2 aromatic carbocycles. The molecule has 0 aromatic heterocycles. The van der Waals surface area contributed by atoms with Gasteiger partial charge in [-0.2, -0.15) is 0 Å². The highest BCUT2D eigenvalue weighted by molar-refractivity contribution is 5.97. The molecule has 5 nitrogen and oxygen atoms in total. The summed E-state index contributed by atoms with van der Waals surface area (Å²) < 4.78 is 24.0. The first-order valence-corrected chi connectivity index (χ1v) is 7.28. The molecule has 0 spiro atoms. The number of halogens is 1. The molecule has 0 saturated carbocycles. The molecule has 6 heteroatoms. The fourth-order valence-corrected chi connectivity index (χ4v) is 2.05. The second-order valence-corrected chi connectivity index (χ2v) is 5.22. The van der Waals surface area contributed by atoms with Crippen molar-refractivity contribution in [1.82, 2.24) is 0 Å². The van der Waals surface area contributed by atoms with E-state index in [1.54, 1.807) is 31.2 Å². The Bertz CT molecular complexity index is 774. The van der Waals surface area contributed by atoms with Gasteiger partial charge in [0.15, 0.2) is 12.4 Å². The van der Waals surface area contributed by atoms with Gasteiger partial charge in [0.05, 0.1) is 12.7 Å². The summed E-state index contributed by atoms with van der Waals surface area (Å²) in [7, 11) is 1.49. The first-order chi connectivity index (χ1) is 11.4. The lowest BCUT2D eigenvalue weighted by Crippen LogP contribution is -2.21. The molecule has 0 aliphatic heterocycles. The van der Waals surface area contributed by atoms with Crippen molar-refractivity contribution in [2.45, 2.75) is 13.8 Å². The van der Waals surface area contributed by atoms with Gasteiger partial charge in [0, 0.05) is 11.8 Å². The van der Waals surface area contributed by atoms with Gasteiger partial charge in [-0.3, -0.25) is 9.59 Å². The number of ether oxygens (including phenoxy) is 2. The van der Waals surface area contributed by atoms with Crippen molar-refractivity contribution in [3.8, 4) is 11.5 Å².